The Kier molecular flexibility index (Phi) is 7.04. The minimum atomic E-state index is -4.63. The maximum absolute atomic E-state index is 13.3. The highest BCUT2D eigenvalue weighted by molar-refractivity contribution is 6.07. The Labute approximate surface area is 182 Å². The number of alkyl halides is 3. The van der Waals surface area contributed by atoms with Gasteiger partial charge in [0.15, 0.2) is 0 Å². The van der Waals surface area contributed by atoms with Gasteiger partial charge in [-0.25, -0.2) is 4.79 Å². The van der Waals surface area contributed by atoms with E-state index in [1.807, 2.05) is 0 Å². The smallest absolute Gasteiger partial charge is 0.418 e. The Balaban J connectivity index is 1.87. The lowest BCUT2D eigenvalue weighted by molar-refractivity contribution is -0.137. The van der Waals surface area contributed by atoms with Crippen molar-refractivity contribution in [3.05, 3.63) is 70.9 Å². The number of benzene rings is 2. The van der Waals surface area contributed by atoms with Crippen LogP contribution in [0.25, 0.3) is 0 Å². The summed E-state index contributed by atoms with van der Waals surface area (Å²) in [6.07, 6.45) is -4.63. The van der Waals surface area contributed by atoms with Crippen LogP contribution >= 0.6 is 0 Å². The number of hydrogen-bond acceptors (Lipinski definition) is 4. The Morgan fingerprint density at radius 1 is 1.09 bits per heavy atom. The molecule has 7 nitrogen and oxygen atoms in total. The van der Waals surface area contributed by atoms with Crippen LogP contribution in [-0.2, 0) is 15.7 Å². The summed E-state index contributed by atoms with van der Waals surface area (Å²) in [5.74, 6) is -0.200. The molecule has 1 heterocycles. The zero-order chi connectivity index (χ0) is 23.3. The number of rotatable bonds is 7. The predicted octanol–water partition coefficient (Wildman–Crippen LogP) is 4.00. The Bertz CT molecular complexity index is 1020. The number of urea groups is 1. The fourth-order valence-corrected chi connectivity index (χ4v) is 3.27. The number of ether oxygens (including phenoxy) is 2. The molecular weight excluding hydrogens is 427 g/mol. The first kappa shape index (κ1) is 23.1. The van der Waals surface area contributed by atoms with Gasteiger partial charge in [0.1, 0.15) is 12.4 Å². The van der Waals surface area contributed by atoms with Gasteiger partial charge in [0, 0.05) is 12.8 Å². The summed E-state index contributed by atoms with van der Waals surface area (Å²) in [6.45, 7) is 2.28. The van der Waals surface area contributed by atoms with Gasteiger partial charge in [-0.3, -0.25) is 4.79 Å². The van der Waals surface area contributed by atoms with Crippen molar-refractivity contribution < 1.29 is 32.2 Å². The van der Waals surface area contributed by atoms with Crippen LogP contribution in [0, 0.1) is 0 Å². The van der Waals surface area contributed by atoms with E-state index in [1.165, 1.54) is 25.1 Å². The third kappa shape index (κ3) is 5.38. The fraction of sp³-hybridized carbons (Fsp3) is 0.273. The molecule has 0 radical (unpaired) electrons. The molecule has 170 valence electrons. The van der Waals surface area contributed by atoms with E-state index in [-0.39, 0.29) is 17.0 Å². The summed E-state index contributed by atoms with van der Waals surface area (Å²) in [4.78, 5) is 25.1. The molecule has 32 heavy (non-hydrogen) atoms. The van der Waals surface area contributed by atoms with Crippen LogP contribution in [0.5, 0.6) is 5.75 Å². The summed E-state index contributed by atoms with van der Waals surface area (Å²) in [5.41, 5.74) is -0.445. The molecule has 3 amide bonds. The molecule has 3 N–H and O–H groups in total. The van der Waals surface area contributed by atoms with Crippen molar-refractivity contribution in [2.24, 2.45) is 0 Å². The molecule has 0 aliphatic carbocycles. The van der Waals surface area contributed by atoms with Crippen LogP contribution in [0.4, 0.5) is 23.7 Å². The second-order valence-corrected chi connectivity index (χ2v) is 6.98. The van der Waals surface area contributed by atoms with Crippen LogP contribution < -0.4 is 20.7 Å². The summed E-state index contributed by atoms with van der Waals surface area (Å²) in [5, 5.41) is 7.47. The van der Waals surface area contributed by atoms with Crippen LogP contribution in [0.1, 0.15) is 24.1 Å². The number of amides is 3. The van der Waals surface area contributed by atoms with Crippen LogP contribution in [-0.4, -0.2) is 32.3 Å². The SMILES string of the molecule is COCCOc1ccc(C2NC(=O)NC(C)=C2C(=O)Nc2ccccc2C(F)(F)F)cc1. The van der Waals surface area contributed by atoms with Gasteiger partial charge in [0.2, 0.25) is 0 Å². The Morgan fingerprint density at radius 2 is 1.78 bits per heavy atom. The van der Waals surface area contributed by atoms with Crippen molar-refractivity contribution in [2.45, 2.75) is 19.1 Å². The highest BCUT2D eigenvalue weighted by Crippen LogP contribution is 2.35. The van der Waals surface area contributed by atoms with Crippen molar-refractivity contribution in [1.29, 1.82) is 0 Å². The predicted molar refractivity (Wildman–Crippen MR) is 111 cm³/mol. The number of para-hydroxylation sites is 1. The van der Waals surface area contributed by atoms with Gasteiger partial charge >= 0.3 is 12.2 Å². The third-order valence-electron chi connectivity index (χ3n) is 4.76. The molecule has 2 aromatic carbocycles. The summed E-state index contributed by atoms with van der Waals surface area (Å²) < 4.78 is 50.4. The monoisotopic (exact) mass is 449 g/mol. The van der Waals surface area contributed by atoms with Crippen molar-refractivity contribution in [3.63, 3.8) is 0 Å². The van der Waals surface area contributed by atoms with E-state index in [2.05, 4.69) is 16.0 Å². The topological polar surface area (TPSA) is 88.7 Å². The molecule has 0 fully saturated rings. The van der Waals surface area contributed by atoms with Gasteiger partial charge in [-0.05, 0) is 36.8 Å². The Morgan fingerprint density at radius 3 is 2.44 bits per heavy atom. The van der Waals surface area contributed by atoms with E-state index >= 15 is 0 Å². The zero-order valence-electron chi connectivity index (χ0n) is 17.4. The fourth-order valence-electron chi connectivity index (χ4n) is 3.27. The van der Waals surface area contributed by atoms with Crippen LogP contribution in [0.15, 0.2) is 59.8 Å². The van der Waals surface area contributed by atoms with E-state index in [0.29, 0.717) is 24.5 Å². The molecule has 1 atom stereocenters. The van der Waals surface area contributed by atoms with Gasteiger partial charge in [-0.15, -0.1) is 0 Å². The van der Waals surface area contributed by atoms with Gasteiger partial charge in [-0.2, -0.15) is 13.2 Å². The molecule has 1 aliphatic rings. The second kappa shape index (κ2) is 9.73. The standard InChI is InChI=1S/C22H22F3N3O4/c1-13-18(20(29)27-17-6-4-3-5-16(17)22(23,24)25)19(28-21(30)26-13)14-7-9-15(10-8-14)32-12-11-31-2/h3-10,19H,11-12H2,1-2H3,(H,27,29)(H2,26,28,30). The Hall–Kier alpha value is -3.53. The molecule has 0 spiro atoms. The maximum atomic E-state index is 13.3. The largest absolute Gasteiger partial charge is 0.491 e. The number of carbonyl (C=O) groups is 2. The van der Waals surface area contributed by atoms with Crippen molar-refractivity contribution in [1.82, 2.24) is 10.6 Å². The number of methoxy groups -OCH3 is 1. The number of anilines is 1. The highest BCUT2D eigenvalue weighted by atomic mass is 19.4. The molecule has 1 unspecified atom stereocenters. The normalized spacial score (nSPS) is 16.3. The number of halogens is 3. The van der Waals surface area contributed by atoms with Crippen molar-refractivity contribution in [2.75, 3.05) is 25.6 Å². The first-order valence-electron chi connectivity index (χ1n) is 9.68. The van der Waals surface area contributed by atoms with Crippen molar-refractivity contribution >= 4 is 17.6 Å². The molecule has 0 aromatic heterocycles. The average molecular weight is 449 g/mol. The molecule has 0 bridgehead atoms. The maximum Gasteiger partial charge on any atom is 0.418 e. The molecule has 0 saturated heterocycles. The van der Waals surface area contributed by atoms with Gasteiger partial charge < -0.3 is 25.4 Å². The number of allylic oxidation sites excluding steroid dienone is 1. The minimum Gasteiger partial charge on any atom is -0.491 e. The number of nitrogens with one attached hydrogen (secondary N) is 3. The lowest BCUT2D eigenvalue weighted by Gasteiger charge is -2.29. The molecule has 10 heteroatoms. The molecule has 0 saturated carbocycles. The average Bonchev–Trinajstić information content (AvgIpc) is 2.73. The first-order valence-corrected chi connectivity index (χ1v) is 9.68. The van der Waals surface area contributed by atoms with E-state index in [9.17, 15) is 22.8 Å². The third-order valence-corrected chi connectivity index (χ3v) is 4.76. The van der Waals surface area contributed by atoms with E-state index in [4.69, 9.17) is 9.47 Å². The van der Waals surface area contributed by atoms with Gasteiger partial charge in [0.25, 0.3) is 5.91 Å². The molecule has 3 rings (SSSR count). The molecular formula is C22H22F3N3O4. The number of hydrogen-bond donors (Lipinski definition) is 3. The van der Waals surface area contributed by atoms with Gasteiger partial charge in [-0.1, -0.05) is 24.3 Å². The first-order chi connectivity index (χ1) is 15.2. The molecule has 2 aromatic rings. The highest BCUT2D eigenvalue weighted by Gasteiger charge is 2.35. The molecule has 1 aliphatic heterocycles. The quantitative estimate of drug-likeness (QED) is 0.558. The minimum absolute atomic E-state index is 0.0922. The number of carbonyl (C=O) groups excluding carboxylic acids is 2. The second-order valence-electron chi connectivity index (χ2n) is 6.98. The van der Waals surface area contributed by atoms with E-state index < -0.39 is 29.7 Å². The summed E-state index contributed by atoms with van der Waals surface area (Å²) in [6, 6.07) is 9.98. The summed E-state index contributed by atoms with van der Waals surface area (Å²) >= 11 is 0. The van der Waals surface area contributed by atoms with Crippen LogP contribution in [0.3, 0.4) is 0 Å². The zero-order valence-corrected chi connectivity index (χ0v) is 17.4. The lowest BCUT2D eigenvalue weighted by Crippen LogP contribution is -2.46. The van der Waals surface area contributed by atoms with E-state index in [1.54, 1.807) is 31.4 Å². The van der Waals surface area contributed by atoms with Gasteiger partial charge in [0.05, 0.1) is 29.5 Å². The van der Waals surface area contributed by atoms with Crippen LogP contribution in [0.2, 0.25) is 0 Å². The summed E-state index contributed by atoms with van der Waals surface area (Å²) in [7, 11) is 1.56. The van der Waals surface area contributed by atoms with E-state index in [0.717, 1.165) is 6.07 Å². The van der Waals surface area contributed by atoms with Crippen molar-refractivity contribution in [3.8, 4) is 5.75 Å². The lowest BCUT2D eigenvalue weighted by atomic mass is 9.94.